The topological polar surface area (TPSA) is 38.9 Å². The Bertz CT molecular complexity index is 2400. The summed E-state index contributed by atoms with van der Waals surface area (Å²) < 4.78 is 45.6. The van der Waals surface area contributed by atoms with Crippen molar-refractivity contribution in [3.05, 3.63) is 192 Å². The fourth-order valence-corrected chi connectivity index (χ4v) is 5.55. The van der Waals surface area contributed by atoms with Crippen LogP contribution in [0.25, 0.3) is 44.5 Å². The first-order chi connectivity index (χ1) is 24.2. The second-order valence-electron chi connectivity index (χ2n) is 10.9. The fraction of sp³-hybridized carbons (Fsp3) is 0.0698. The smallest absolute Gasteiger partial charge is 0.126 e. The summed E-state index contributed by atoms with van der Waals surface area (Å²) in [5.41, 5.74) is 6.84. The Morgan fingerprint density at radius 2 is 1.46 bits per heavy atom. The van der Waals surface area contributed by atoms with Crippen molar-refractivity contribution in [2.75, 3.05) is 0 Å². The van der Waals surface area contributed by atoms with Gasteiger partial charge < -0.3 is 14.4 Å². The monoisotopic (exact) mass is 806 g/mol. The van der Waals surface area contributed by atoms with E-state index in [9.17, 15) is 4.39 Å². The fourth-order valence-electron chi connectivity index (χ4n) is 5.55. The number of benzene rings is 5. The molecule has 237 valence electrons. The molecular weight excluding hydrogens is 772 g/mol. The summed E-state index contributed by atoms with van der Waals surface area (Å²) in [7, 11) is 0. The van der Waals surface area contributed by atoms with Gasteiger partial charge in [-0.15, -0.1) is 53.6 Å². The largest absolute Gasteiger partial charge is 0.500 e. The van der Waals surface area contributed by atoms with Gasteiger partial charge in [-0.2, -0.15) is 0 Å². The van der Waals surface area contributed by atoms with E-state index < -0.39 is 12.3 Å². The van der Waals surface area contributed by atoms with Crippen LogP contribution in [0.15, 0.2) is 156 Å². The predicted octanol–water partition coefficient (Wildman–Crippen LogP) is 10.9. The van der Waals surface area contributed by atoms with E-state index in [-0.39, 0.29) is 25.9 Å². The molecule has 0 aliphatic carbocycles. The predicted molar refractivity (Wildman–Crippen MR) is 187 cm³/mol. The van der Waals surface area contributed by atoms with Crippen molar-refractivity contribution < 1.29 is 33.0 Å². The molecule has 1 unspecified atom stereocenters. The van der Waals surface area contributed by atoms with Gasteiger partial charge in [-0.05, 0) is 64.6 Å². The van der Waals surface area contributed by atoms with Crippen LogP contribution in [0.4, 0.5) is 4.39 Å². The number of halogens is 1. The van der Waals surface area contributed by atoms with Gasteiger partial charge in [0.2, 0.25) is 0 Å². The zero-order valence-electron chi connectivity index (χ0n) is 28.9. The average Bonchev–Trinajstić information content (AvgIpc) is 3.54. The molecule has 3 heterocycles. The molecule has 48 heavy (non-hydrogen) atoms. The number of hydrogen-bond acceptors (Lipinski definition) is 3. The second-order valence-corrected chi connectivity index (χ2v) is 10.9. The summed E-state index contributed by atoms with van der Waals surface area (Å²) in [4.78, 5) is 8.82. The van der Waals surface area contributed by atoms with Gasteiger partial charge in [0.1, 0.15) is 11.4 Å². The van der Waals surface area contributed by atoms with Crippen molar-refractivity contribution in [2.45, 2.75) is 19.2 Å². The molecule has 3 aromatic heterocycles. The summed E-state index contributed by atoms with van der Waals surface area (Å²) in [6.45, 7) is 1.91. The average molecular weight is 806 g/mol. The maximum absolute atomic E-state index is 13.6. The quantitative estimate of drug-likeness (QED) is 0.157. The Hall–Kier alpha value is -5.22. The van der Waals surface area contributed by atoms with Crippen LogP contribution in [0.1, 0.15) is 39.2 Å². The van der Waals surface area contributed by atoms with Crippen LogP contribution < -0.4 is 0 Å². The van der Waals surface area contributed by atoms with Crippen molar-refractivity contribution in [3.63, 3.8) is 0 Å². The van der Waals surface area contributed by atoms with Gasteiger partial charge in [0.05, 0.1) is 5.58 Å². The van der Waals surface area contributed by atoms with E-state index in [2.05, 4.69) is 22.1 Å². The van der Waals surface area contributed by atoms with Gasteiger partial charge >= 0.3 is 0 Å². The molecular formula is C43H31FIrN2O-2. The first-order valence-corrected chi connectivity index (χ1v) is 15.3. The first-order valence-electron chi connectivity index (χ1n) is 16.8. The van der Waals surface area contributed by atoms with Gasteiger partial charge in [-0.25, -0.2) is 4.39 Å². The molecule has 0 fully saturated rings. The Kier molecular flexibility index (Phi) is 9.12. The maximum Gasteiger partial charge on any atom is 0.126 e. The van der Waals surface area contributed by atoms with Gasteiger partial charge in [-0.1, -0.05) is 96.7 Å². The van der Waals surface area contributed by atoms with Gasteiger partial charge in [0.15, 0.2) is 0 Å². The standard InChI is InChI=1S/C24H15FNO.C19H16N.Ir/c25-18-9-10-19-20-7-4-8-21(24(20)27-23(19)15-18)22-14-17(11-12-26-22)13-16-5-2-1-3-6-16;1-15(16-9-3-2-4-10-16)17-11-5-6-12-18(17)19-13-7-8-14-20-19;/h1-7,9-12,14-15H,13H2;2-11,13-15H,1H3;/q2*-1;/i13D2;15D;. The maximum atomic E-state index is 13.6. The summed E-state index contributed by atoms with van der Waals surface area (Å²) in [5.74, 6) is -1.20. The number of rotatable bonds is 6. The minimum absolute atomic E-state index is 0. The van der Waals surface area contributed by atoms with Gasteiger partial charge in [0, 0.05) is 48.1 Å². The van der Waals surface area contributed by atoms with E-state index in [1.165, 1.54) is 12.1 Å². The molecule has 3 nitrogen and oxygen atoms in total. The Morgan fingerprint density at radius 3 is 2.25 bits per heavy atom. The summed E-state index contributed by atoms with van der Waals surface area (Å²) in [6.07, 6.45) is 1.67. The molecule has 8 aromatic rings. The summed E-state index contributed by atoms with van der Waals surface area (Å²) >= 11 is 0. The molecule has 0 amide bonds. The normalized spacial score (nSPS) is 13.2. The van der Waals surface area contributed by atoms with Gasteiger partial charge in [0.25, 0.3) is 0 Å². The van der Waals surface area contributed by atoms with Crippen molar-refractivity contribution in [2.24, 2.45) is 0 Å². The van der Waals surface area contributed by atoms with Crippen LogP contribution in [-0.4, -0.2) is 9.97 Å². The van der Waals surface area contributed by atoms with Crippen molar-refractivity contribution >= 4 is 21.9 Å². The molecule has 0 aliphatic rings. The number of nitrogens with zero attached hydrogens (tertiary/aromatic N) is 2. The van der Waals surface area contributed by atoms with E-state index in [4.69, 9.17) is 8.53 Å². The van der Waals surface area contributed by atoms with E-state index in [0.717, 1.165) is 33.2 Å². The molecule has 0 bridgehead atoms. The van der Waals surface area contributed by atoms with E-state index in [1.807, 2.05) is 97.9 Å². The SMILES string of the molecule is [2H]C(C)(c1ccccc1)c1ccc[c-]c1-c1ccccn1.[2H]C([2H])(c1ccccc1)c1ccnc(-c2[c-]ccc3c2oc2cc(F)ccc23)c1.[Ir]. The summed E-state index contributed by atoms with van der Waals surface area (Å²) in [6, 6.07) is 48.4. The molecule has 0 saturated carbocycles. The number of fused-ring (bicyclic) bond motifs is 3. The van der Waals surface area contributed by atoms with Crippen molar-refractivity contribution in [3.8, 4) is 22.5 Å². The van der Waals surface area contributed by atoms with Crippen LogP contribution >= 0.6 is 0 Å². The van der Waals surface area contributed by atoms with Crippen LogP contribution in [0, 0.1) is 17.9 Å². The zero-order chi connectivity index (χ0) is 34.7. The van der Waals surface area contributed by atoms with E-state index >= 15 is 0 Å². The third-order valence-electron chi connectivity index (χ3n) is 7.86. The number of furan rings is 1. The summed E-state index contributed by atoms with van der Waals surface area (Å²) in [5, 5.41) is 1.65. The Labute approximate surface area is 297 Å². The zero-order valence-corrected chi connectivity index (χ0v) is 28.3. The number of pyridine rings is 2. The molecule has 5 heteroatoms. The minimum Gasteiger partial charge on any atom is -0.500 e. The molecule has 8 rings (SSSR count). The van der Waals surface area contributed by atoms with Crippen LogP contribution in [0.2, 0.25) is 0 Å². The minimum atomic E-state index is -1.68. The molecule has 0 N–H and O–H groups in total. The number of aromatic nitrogens is 2. The third-order valence-corrected chi connectivity index (χ3v) is 7.86. The molecule has 0 aliphatic heterocycles. The van der Waals surface area contributed by atoms with E-state index in [0.29, 0.717) is 33.6 Å². The Balaban J connectivity index is 0.000000181. The molecule has 1 radical (unpaired) electrons. The van der Waals surface area contributed by atoms with Crippen LogP contribution in [0.3, 0.4) is 0 Å². The molecule has 0 spiro atoms. The molecule has 0 saturated heterocycles. The van der Waals surface area contributed by atoms with Gasteiger partial charge in [-0.3, -0.25) is 0 Å². The Morgan fingerprint density at radius 1 is 0.708 bits per heavy atom. The van der Waals surface area contributed by atoms with Crippen molar-refractivity contribution in [1.82, 2.24) is 9.97 Å². The van der Waals surface area contributed by atoms with Crippen molar-refractivity contribution in [1.29, 1.82) is 0 Å². The third kappa shape index (κ3) is 7.18. The first kappa shape index (κ1) is 29.0. The van der Waals surface area contributed by atoms with Crippen LogP contribution in [-0.2, 0) is 26.5 Å². The van der Waals surface area contributed by atoms with E-state index in [1.54, 1.807) is 48.8 Å². The molecule has 1 atom stereocenters. The van der Waals surface area contributed by atoms with Crippen LogP contribution in [0.5, 0.6) is 0 Å². The second kappa shape index (κ2) is 15.1. The number of hydrogen-bond donors (Lipinski definition) is 0. The molecule has 5 aromatic carbocycles.